The summed E-state index contributed by atoms with van der Waals surface area (Å²) < 4.78 is 5.40. The maximum absolute atomic E-state index is 11.3. The maximum atomic E-state index is 11.3. The van der Waals surface area contributed by atoms with Crippen LogP contribution in [0.1, 0.15) is 26.3 Å². The number of hydrogen-bond donors (Lipinski definition) is 1. The van der Waals surface area contributed by atoms with Gasteiger partial charge in [0.05, 0.1) is 13.0 Å². The molecule has 0 aromatic heterocycles. The van der Waals surface area contributed by atoms with Gasteiger partial charge in [-0.25, -0.2) is 0 Å². The van der Waals surface area contributed by atoms with Gasteiger partial charge in [0.2, 0.25) is 0 Å². The fourth-order valence-corrected chi connectivity index (χ4v) is 2.92. The minimum absolute atomic E-state index is 0.0104. The first-order valence-electron chi connectivity index (χ1n) is 6.64. The van der Waals surface area contributed by atoms with E-state index in [1.807, 2.05) is 18.2 Å². The van der Waals surface area contributed by atoms with Gasteiger partial charge in [0.1, 0.15) is 5.75 Å². The lowest BCUT2D eigenvalue weighted by Gasteiger charge is -2.33. The number of ether oxygens (including phenoxy) is 1. The van der Waals surface area contributed by atoms with Crippen molar-refractivity contribution in [2.45, 2.75) is 39.3 Å². The second-order valence-electron chi connectivity index (χ2n) is 5.36. The van der Waals surface area contributed by atoms with E-state index in [1.165, 1.54) is 0 Å². The van der Waals surface area contributed by atoms with Crippen molar-refractivity contribution >= 4 is 11.7 Å². The highest BCUT2D eigenvalue weighted by Crippen LogP contribution is 2.41. The molecule has 1 aromatic carbocycles. The largest absolute Gasteiger partial charge is 0.496 e. The Bertz CT molecular complexity index is 484. The number of fused-ring (bicyclic) bond motifs is 1. The molecule has 2 unspecified atom stereocenters. The molecular weight excluding hydrogens is 242 g/mol. The van der Waals surface area contributed by atoms with Crippen LogP contribution in [0.4, 0.5) is 5.69 Å². The molecule has 19 heavy (non-hydrogen) atoms. The van der Waals surface area contributed by atoms with E-state index in [9.17, 15) is 9.90 Å². The van der Waals surface area contributed by atoms with Gasteiger partial charge in [-0.1, -0.05) is 6.07 Å². The van der Waals surface area contributed by atoms with E-state index < -0.39 is 11.9 Å². The normalized spacial score (nSPS) is 19.4. The number of carboxylic acids is 1. The van der Waals surface area contributed by atoms with Gasteiger partial charge in [-0.05, 0) is 39.3 Å². The lowest BCUT2D eigenvalue weighted by molar-refractivity contribution is -0.141. The Morgan fingerprint density at radius 3 is 2.63 bits per heavy atom. The Morgan fingerprint density at radius 2 is 2.11 bits per heavy atom. The number of carboxylic acid groups (broad SMARTS) is 1. The molecule has 1 heterocycles. The van der Waals surface area contributed by atoms with Gasteiger partial charge >= 0.3 is 5.97 Å². The average molecular weight is 263 g/mol. The molecule has 2 rings (SSSR count). The van der Waals surface area contributed by atoms with Crippen molar-refractivity contribution in [1.29, 1.82) is 0 Å². The molecule has 1 aliphatic heterocycles. The Morgan fingerprint density at radius 1 is 1.42 bits per heavy atom. The number of nitrogens with zero attached hydrogens (tertiary/aromatic N) is 1. The predicted molar refractivity (Wildman–Crippen MR) is 74.9 cm³/mol. The number of aliphatic carboxylic acids is 1. The van der Waals surface area contributed by atoms with Crippen molar-refractivity contribution in [1.82, 2.24) is 0 Å². The van der Waals surface area contributed by atoms with Gasteiger partial charge in [0.15, 0.2) is 0 Å². The summed E-state index contributed by atoms with van der Waals surface area (Å²) in [7, 11) is 1.66. The van der Waals surface area contributed by atoms with Crippen molar-refractivity contribution < 1.29 is 14.6 Å². The molecule has 4 heteroatoms. The zero-order valence-corrected chi connectivity index (χ0v) is 11.9. The number of rotatable bonds is 4. The van der Waals surface area contributed by atoms with Gasteiger partial charge in [0, 0.05) is 23.3 Å². The lowest BCUT2D eigenvalue weighted by atomic mass is 9.97. The van der Waals surface area contributed by atoms with E-state index in [4.69, 9.17) is 4.74 Å². The molecular formula is C15H21NO3. The Balaban J connectivity index is 2.45. The second-order valence-corrected chi connectivity index (χ2v) is 5.36. The molecule has 0 aliphatic carbocycles. The van der Waals surface area contributed by atoms with Crippen LogP contribution in [0.3, 0.4) is 0 Å². The summed E-state index contributed by atoms with van der Waals surface area (Å²) in [5.41, 5.74) is 2.23. The van der Waals surface area contributed by atoms with Crippen molar-refractivity contribution in [3.63, 3.8) is 0 Å². The summed E-state index contributed by atoms with van der Waals surface area (Å²) in [6.45, 7) is 5.97. The molecule has 0 fully saturated rings. The molecule has 1 N–H and O–H groups in total. The van der Waals surface area contributed by atoms with Crippen LogP contribution in [0, 0.1) is 5.92 Å². The van der Waals surface area contributed by atoms with Crippen LogP contribution < -0.4 is 9.64 Å². The summed E-state index contributed by atoms with van der Waals surface area (Å²) in [6, 6.07) is 6.20. The minimum atomic E-state index is -0.748. The first-order valence-corrected chi connectivity index (χ1v) is 6.64. The summed E-state index contributed by atoms with van der Waals surface area (Å²) in [5, 5.41) is 9.29. The smallest absolute Gasteiger partial charge is 0.308 e. The topological polar surface area (TPSA) is 49.8 Å². The third-order valence-corrected chi connectivity index (χ3v) is 3.90. The third kappa shape index (κ3) is 2.27. The Kier molecular flexibility index (Phi) is 3.69. The number of anilines is 1. The standard InChI is InChI=1S/C15H21NO3/c1-9(2)16-12-6-5-7-14(19-4)11(12)8-13(16)10(3)15(17)18/h5-7,9-10,13H,8H2,1-4H3,(H,17,18). The monoisotopic (exact) mass is 263 g/mol. The van der Waals surface area contributed by atoms with Gasteiger partial charge in [-0.15, -0.1) is 0 Å². The second kappa shape index (κ2) is 5.11. The van der Waals surface area contributed by atoms with Gasteiger partial charge in [0.25, 0.3) is 0 Å². The predicted octanol–water partition coefficient (Wildman–Crippen LogP) is 2.56. The molecule has 0 saturated heterocycles. The SMILES string of the molecule is COc1cccc2c1CC(C(C)C(=O)O)N2C(C)C. The van der Waals surface area contributed by atoms with Crippen molar-refractivity contribution in [2.75, 3.05) is 12.0 Å². The van der Waals surface area contributed by atoms with Crippen molar-refractivity contribution in [3.05, 3.63) is 23.8 Å². The average Bonchev–Trinajstić information content (AvgIpc) is 2.76. The van der Waals surface area contributed by atoms with Crippen LogP contribution >= 0.6 is 0 Å². The molecule has 0 amide bonds. The first-order chi connectivity index (χ1) is 8.97. The molecule has 1 aromatic rings. The molecule has 0 radical (unpaired) electrons. The van der Waals surface area contributed by atoms with E-state index in [-0.39, 0.29) is 12.1 Å². The molecule has 0 bridgehead atoms. The Labute approximate surface area is 114 Å². The summed E-state index contributed by atoms with van der Waals surface area (Å²) in [4.78, 5) is 13.5. The van der Waals surface area contributed by atoms with Crippen LogP contribution in [0.5, 0.6) is 5.75 Å². The molecule has 4 nitrogen and oxygen atoms in total. The molecule has 0 spiro atoms. The number of hydrogen-bond acceptors (Lipinski definition) is 3. The number of benzene rings is 1. The first kappa shape index (κ1) is 13.7. The maximum Gasteiger partial charge on any atom is 0.308 e. The van der Waals surface area contributed by atoms with Crippen molar-refractivity contribution in [2.24, 2.45) is 5.92 Å². The van der Waals surface area contributed by atoms with Crippen molar-refractivity contribution in [3.8, 4) is 5.75 Å². The fraction of sp³-hybridized carbons (Fsp3) is 0.533. The van der Waals surface area contributed by atoms with Gasteiger partial charge in [-0.3, -0.25) is 4.79 Å². The molecule has 0 saturated carbocycles. The zero-order valence-electron chi connectivity index (χ0n) is 11.9. The summed E-state index contributed by atoms with van der Waals surface area (Å²) in [5.74, 6) is -0.301. The van der Waals surface area contributed by atoms with Crippen LogP contribution in [0.2, 0.25) is 0 Å². The van der Waals surface area contributed by atoms with Crippen LogP contribution in [-0.2, 0) is 11.2 Å². The lowest BCUT2D eigenvalue weighted by Crippen LogP contribution is -2.44. The summed E-state index contributed by atoms with van der Waals surface area (Å²) >= 11 is 0. The van der Waals surface area contributed by atoms with E-state index in [1.54, 1.807) is 14.0 Å². The molecule has 104 valence electrons. The quantitative estimate of drug-likeness (QED) is 0.907. The number of carbonyl (C=O) groups is 1. The van der Waals surface area contributed by atoms with E-state index in [2.05, 4.69) is 18.7 Å². The highest BCUT2D eigenvalue weighted by molar-refractivity contribution is 5.74. The van der Waals surface area contributed by atoms with Crippen LogP contribution in [0.25, 0.3) is 0 Å². The fourth-order valence-electron chi connectivity index (χ4n) is 2.92. The van der Waals surface area contributed by atoms with Crippen LogP contribution in [-0.4, -0.2) is 30.3 Å². The number of methoxy groups -OCH3 is 1. The Hall–Kier alpha value is -1.71. The van der Waals surface area contributed by atoms with E-state index >= 15 is 0 Å². The third-order valence-electron chi connectivity index (χ3n) is 3.90. The van der Waals surface area contributed by atoms with Gasteiger partial charge < -0.3 is 14.7 Å². The minimum Gasteiger partial charge on any atom is -0.496 e. The van der Waals surface area contributed by atoms with Gasteiger partial charge in [-0.2, -0.15) is 0 Å². The van der Waals surface area contributed by atoms with E-state index in [0.29, 0.717) is 0 Å². The van der Waals surface area contributed by atoms with E-state index in [0.717, 1.165) is 23.4 Å². The molecule has 2 atom stereocenters. The van der Waals surface area contributed by atoms with Crippen LogP contribution in [0.15, 0.2) is 18.2 Å². The molecule has 1 aliphatic rings. The highest BCUT2D eigenvalue weighted by atomic mass is 16.5. The zero-order chi connectivity index (χ0) is 14.2. The highest BCUT2D eigenvalue weighted by Gasteiger charge is 2.38. The summed E-state index contributed by atoms with van der Waals surface area (Å²) in [6.07, 6.45) is 0.727.